The van der Waals surface area contributed by atoms with Gasteiger partial charge in [0.15, 0.2) is 0 Å². The number of amides is 2. The fourth-order valence-electron chi connectivity index (χ4n) is 2.17. The Kier molecular flexibility index (Phi) is 5.21. The molecule has 1 aliphatic rings. The fraction of sp³-hybridized carbons (Fsp3) is 0.533. The van der Waals surface area contributed by atoms with Crippen LogP contribution in [0.4, 0.5) is 4.79 Å². The van der Waals surface area contributed by atoms with Crippen molar-refractivity contribution in [2.45, 2.75) is 25.3 Å². The normalized spacial score (nSPS) is 15.8. The van der Waals surface area contributed by atoms with Gasteiger partial charge >= 0.3 is 6.03 Å². The van der Waals surface area contributed by atoms with Crippen molar-refractivity contribution >= 4 is 6.03 Å². The Morgan fingerprint density at radius 3 is 2.74 bits per heavy atom. The Morgan fingerprint density at radius 1 is 1.37 bits per heavy atom. The number of urea groups is 1. The summed E-state index contributed by atoms with van der Waals surface area (Å²) < 4.78 is 4.95. The molecule has 0 radical (unpaired) electrons. The first-order valence-electron chi connectivity index (χ1n) is 6.89. The van der Waals surface area contributed by atoms with E-state index in [9.17, 15) is 4.79 Å². The van der Waals surface area contributed by atoms with Crippen molar-refractivity contribution < 1.29 is 9.53 Å². The van der Waals surface area contributed by atoms with E-state index >= 15 is 0 Å². The van der Waals surface area contributed by atoms with E-state index in [2.05, 4.69) is 22.8 Å². The molecule has 19 heavy (non-hydrogen) atoms. The fourth-order valence-corrected chi connectivity index (χ4v) is 2.17. The number of ether oxygens (including phenoxy) is 1. The van der Waals surface area contributed by atoms with Gasteiger partial charge in [0.05, 0.1) is 6.04 Å². The maximum atomic E-state index is 11.9. The first kappa shape index (κ1) is 13.9. The van der Waals surface area contributed by atoms with Gasteiger partial charge < -0.3 is 15.4 Å². The number of hydrogen-bond acceptors (Lipinski definition) is 2. The third-order valence-corrected chi connectivity index (χ3v) is 3.35. The Hall–Kier alpha value is -1.55. The zero-order chi connectivity index (χ0) is 13.5. The number of methoxy groups -OCH3 is 1. The van der Waals surface area contributed by atoms with E-state index in [1.807, 2.05) is 18.2 Å². The maximum Gasteiger partial charge on any atom is 0.315 e. The highest BCUT2D eigenvalue weighted by atomic mass is 16.5. The molecule has 0 bridgehead atoms. The molecule has 2 amide bonds. The van der Waals surface area contributed by atoms with Gasteiger partial charge in [0.2, 0.25) is 0 Å². The highest BCUT2D eigenvalue weighted by Crippen LogP contribution is 2.40. The highest BCUT2D eigenvalue weighted by molar-refractivity contribution is 5.74. The number of nitrogens with one attached hydrogen (secondary N) is 2. The number of carbonyl (C=O) groups is 1. The first-order chi connectivity index (χ1) is 9.31. The van der Waals surface area contributed by atoms with Gasteiger partial charge in [0.1, 0.15) is 0 Å². The van der Waals surface area contributed by atoms with E-state index in [0.29, 0.717) is 19.1 Å². The first-order valence-corrected chi connectivity index (χ1v) is 6.89. The number of benzene rings is 1. The molecule has 1 aliphatic carbocycles. The SMILES string of the molecule is COCCCNC(=O)N[C@@H](c1ccccc1)C1CC1. The molecule has 0 spiro atoms. The molecule has 0 aliphatic heterocycles. The van der Waals surface area contributed by atoms with Crippen molar-refractivity contribution in [3.05, 3.63) is 35.9 Å². The molecular formula is C15H22N2O2. The summed E-state index contributed by atoms with van der Waals surface area (Å²) in [5.41, 5.74) is 1.19. The molecule has 0 aromatic heterocycles. The van der Waals surface area contributed by atoms with Crippen LogP contribution in [0.25, 0.3) is 0 Å². The van der Waals surface area contributed by atoms with Crippen molar-refractivity contribution in [1.29, 1.82) is 0 Å². The number of carbonyl (C=O) groups excluding carboxylic acids is 1. The molecule has 1 aromatic rings. The van der Waals surface area contributed by atoms with Gasteiger partial charge in [-0.15, -0.1) is 0 Å². The van der Waals surface area contributed by atoms with Crippen molar-refractivity contribution in [3.63, 3.8) is 0 Å². The van der Waals surface area contributed by atoms with E-state index in [0.717, 1.165) is 6.42 Å². The second-order valence-electron chi connectivity index (χ2n) is 4.97. The lowest BCUT2D eigenvalue weighted by Crippen LogP contribution is -2.39. The molecule has 1 saturated carbocycles. The third-order valence-electron chi connectivity index (χ3n) is 3.35. The maximum absolute atomic E-state index is 11.9. The van der Waals surface area contributed by atoms with Gasteiger partial charge in [0, 0.05) is 20.3 Å². The van der Waals surface area contributed by atoms with Gasteiger partial charge in [-0.25, -0.2) is 4.79 Å². The Labute approximate surface area is 114 Å². The molecular weight excluding hydrogens is 240 g/mol. The van der Waals surface area contributed by atoms with Crippen LogP contribution in [0.15, 0.2) is 30.3 Å². The van der Waals surface area contributed by atoms with Gasteiger partial charge in [-0.2, -0.15) is 0 Å². The summed E-state index contributed by atoms with van der Waals surface area (Å²) in [4.78, 5) is 11.9. The predicted octanol–water partition coefficient (Wildman–Crippen LogP) is 2.47. The van der Waals surface area contributed by atoms with Crippen LogP contribution in [-0.2, 0) is 4.74 Å². The second-order valence-corrected chi connectivity index (χ2v) is 4.97. The summed E-state index contributed by atoms with van der Waals surface area (Å²) >= 11 is 0. The lowest BCUT2D eigenvalue weighted by Gasteiger charge is -2.19. The molecule has 2 rings (SSSR count). The van der Waals surface area contributed by atoms with E-state index in [4.69, 9.17) is 4.74 Å². The number of hydrogen-bond donors (Lipinski definition) is 2. The summed E-state index contributed by atoms with van der Waals surface area (Å²) in [7, 11) is 1.67. The van der Waals surface area contributed by atoms with Crippen molar-refractivity contribution in [3.8, 4) is 0 Å². The summed E-state index contributed by atoms with van der Waals surface area (Å²) in [6, 6.07) is 10.2. The molecule has 0 unspecified atom stereocenters. The van der Waals surface area contributed by atoms with Crippen LogP contribution in [0.1, 0.15) is 30.9 Å². The minimum atomic E-state index is -0.0862. The largest absolute Gasteiger partial charge is 0.385 e. The van der Waals surface area contributed by atoms with Crippen LogP contribution in [0.2, 0.25) is 0 Å². The Morgan fingerprint density at radius 2 is 2.11 bits per heavy atom. The Bertz CT molecular complexity index is 390. The standard InChI is InChI=1S/C15H22N2O2/c1-19-11-5-10-16-15(18)17-14(13-8-9-13)12-6-3-2-4-7-12/h2-4,6-7,13-14H,5,8-11H2,1H3,(H2,16,17,18)/t14-/m0/s1. The van der Waals surface area contributed by atoms with Crippen molar-refractivity contribution in [2.24, 2.45) is 5.92 Å². The molecule has 2 N–H and O–H groups in total. The summed E-state index contributed by atoms with van der Waals surface area (Å²) in [6.45, 7) is 1.32. The van der Waals surface area contributed by atoms with Crippen LogP contribution in [0.5, 0.6) is 0 Å². The molecule has 0 saturated heterocycles. The zero-order valence-electron chi connectivity index (χ0n) is 11.4. The molecule has 1 fully saturated rings. The van der Waals surface area contributed by atoms with Gasteiger partial charge in [0.25, 0.3) is 0 Å². The van der Waals surface area contributed by atoms with Gasteiger partial charge in [-0.1, -0.05) is 30.3 Å². The number of rotatable bonds is 7. The van der Waals surface area contributed by atoms with Crippen LogP contribution in [-0.4, -0.2) is 26.3 Å². The van der Waals surface area contributed by atoms with E-state index in [1.165, 1.54) is 18.4 Å². The molecule has 1 atom stereocenters. The van der Waals surface area contributed by atoms with Crippen LogP contribution < -0.4 is 10.6 Å². The van der Waals surface area contributed by atoms with Gasteiger partial charge in [-0.05, 0) is 30.7 Å². The quantitative estimate of drug-likeness (QED) is 0.742. The summed E-state index contributed by atoms with van der Waals surface area (Å²) in [6.07, 6.45) is 3.23. The minimum Gasteiger partial charge on any atom is -0.385 e. The van der Waals surface area contributed by atoms with E-state index in [1.54, 1.807) is 7.11 Å². The summed E-state index contributed by atoms with van der Waals surface area (Å²) in [5.74, 6) is 0.590. The molecule has 4 heteroatoms. The molecule has 4 nitrogen and oxygen atoms in total. The third kappa shape index (κ3) is 4.56. The van der Waals surface area contributed by atoms with Crippen LogP contribution >= 0.6 is 0 Å². The van der Waals surface area contributed by atoms with Gasteiger partial charge in [-0.3, -0.25) is 0 Å². The van der Waals surface area contributed by atoms with Crippen LogP contribution in [0.3, 0.4) is 0 Å². The smallest absolute Gasteiger partial charge is 0.315 e. The average Bonchev–Trinajstić information content (AvgIpc) is 3.26. The highest BCUT2D eigenvalue weighted by Gasteiger charge is 2.33. The van der Waals surface area contributed by atoms with Crippen molar-refractivity contribution in [1.82, 2.24) is 10.6 Å². The average molecular weight is 262 g/mol. The zero-order valence-corrected chi connectivity index (χ0v) is 11.4. The predicted molar refractivity (Wildman–Crippen MR) is 74.9 cm³/mol. The van der Waals surface area contributed by atoms with Crippen LogP contribution in [0, 0.1) is 5.92 Å². The lowest BCUT2D eigenvalue weighted by molar-refractivity contribution is 0.193. The topological polar surface area (TPSA) is 50.4 Å². The lowest BCUT2D eigenvalue weighted by atomic mass is 10.0. The monoisotopic (exact) mass is 262 g/mol. The van der Waals surface area contributed by atoms with Crippen molar-refractivity contribution in [2.75, 3.05) is 20.3 Å². The Balaban J connectivity index is 1.82. The molecule has 1 aromatic carbocycles. The minimum absolute atomic E-state index is 0.0862. The molecule has 0 heterocycles. The second kappa shape index (κ2) is 7.14. The molecule has 104 valence electrons. The van der Waals surface area contributed by atoms with E-state index in [-0.39, 0.29) is 12.1 Å². The summed E-state index contributed by atoms with van der Waals surface area (Å²) in [5, 5.41) is 5.95. The van der Waals surface area contributed by atoms with E-state index < -0.39 is 0 Å².